The van der Waals surface area contributed by atoms with Crippen LogP contribution < -0.4 is 10.2 Å². The lowest BCUT2D eigenvalue weighted by Gasteiger charge is -2.33. The molecule has 1 N–H and O–H groups in total. The zero-order valence-electron chi connectivity index (χ0n) is 10.9. The van der Waals surface area contributed by atoms with Gasteiger partial charge in [-0.05, 0) is 49.9 Å². The van der Waals surface area contributed by atoms with Crippen molar-refractivity contribution in [2.24, 2.45) is 5.41 Å². The van der Waals surface area contributed by atoms with E-state index in [2.05, 4.69) is 31.6 Å². The number of rotatable bonds is 1. The van der Waals surface area contributed by atoms with Gasteiger partial charge in [-0.3, -0.25) is 0 Å². The topological polar surface area (TPSA) is 58.4 Å². The quantitative estimate of drug-likeness (QED) is 0.816. The molecule has 100 valence electrons. The van der Waals surface area contributed by atoms with Crippen molar-refractivity contribution in [2.75, 3.05) is 31.1 Å². The molecule has 0 atom stereocenters. The van der Waals surface area contributed by atoms with Gasteiger partial charge in [0.1, 0.15) is 12.1 Å². The van der Waals surface area contributed by atoms with E-state index in [9.17, 15) is 0 Å². The third-order valence-electron chi connectivity index (χ3n) is 4.57. The lowest BCUT2D eigenvalue weighted by atomic mass is 9.78. The Morgan fingerprint density at radius 2 is 2.05 bits per heavy atom. The molecule has 19 heavy (non-hydrogen) atoms. The van der Waals surface area contributed by atoms with Gasteiger partial charge >= 0.3 is 0 Å². The van der Waals surface area contributed by atoms with Crippen molar-refractivity contribution in [2.45, 2.75) is 19.3 Å². The van der Waals surface area contributed by atoms with Crippen molar-refractivity contribution in [1.82, 2.24) is 25.1 Å². The van der Waals surface area contributed by atoms with Gasteiger partial charge in [-0.25, -0.2) is 0 Å². The van der Waals surface area contributed by atoms with Crippen LogP contribution in [0.5, 0.6) is 0 Å². The van der Waals surface area contributed by atoms with Gasteiger partial charge < -0.3 is 10.2 Å². The summed E-state index contributed by atoms with van der Waals surface area (Å²) in [7, 11) is 0. The van der Waals surface area contributed by atoms with Gasteiger partial charge in [-0.2, -0.15) is 4.52 Å². The summed E-state index contributed by atoms with van der Waals surface area (Å²) in [6.45, 7) is 4.56. The van der Waals surface area contributed by atoms with E-state index >= 15 is 0 Å². The molecule has 2 saturated heterocycles. The van der Waals surface area contributed by atoms with E-state index in [1.807, 2.05) is 6.07 Å². The molecular weight excluding hydrogens is 240 g/mol. The average Bonchev–Trinajstić information content (AvgIpc) is 3.06. The van der Waals surface area contributed by atoms with Crippen molar-refractivity contribution in [3.63, 3.8) is 0 Å². The van der Waals surface area contributed by atoms with E-state index in [0.717, 1.165) is 37.6 Å². The zero-order valence-corrected chi connectivity index (χ0v) is 10.9. The van der Waals surface area contributed by atoms with Gasteiger partial charge in [0.05, 0.1) is 0 Å². The maximum absolute atomic E-state index is 4.60. The van der Waals surface area contributed by atoms with Crippen LogP contribution in [0.1, 0.15) is 19.3 Å². The first-order valence-electron chi connectivity index (χ1n) is 6.98. The van der Waals surface area contributed by atoms with Crippen LogP contribution in [-0.4, -0.2) is 46.0 Å². The highest BCUT2D eigenvalue weighted by Gasteiger charge is 2.39. The normalized spacial score (nSPS) is 22.4. The molecule has 2 aromatic heterocycles. The molecule has 0 bridgehead atoms. The summed E-state index contributed by atoms with van der Waals surface area (Å²) in [6.07, 6.45) is 5.53. The summed E-state index contributed by atoms with van der Waals surface area (Å²) in [5, 5.41) is 15.9. The number of anilines is 1. The molecule has 6 nitrogen and oxygen atoms in total. The van der Waals surface area contributed by atoms with Gasteiger partial charge in [0.25, 0.3) is 0 Å². The fraction of sp³-hybridized carbons (Fsp3) is 0.615. The first-order chi connectivity index (χ1) is 9.35. The molecule has 0 aromatic carbocycles. The van der Waals surface area contributed by atoms with Gasteiger partial charge in [-0.15, -0.1) is 15.3 Å². The molecule has 0 amide bonds. The summed E-state index contributed by atoms with van der Waals surface area (Å²) >= 11 is 0. The molecule has 4 rings (SSSR count). The minimum atomic E-state index is 0.509. The van der Waals surface area contributed by atoms with Crippen molar-refractivity contribution in [1.29, 1.82) is 0 Å². The predicted molar refractivity (Wildman–Crippen MR) is 72.1 cm³/mol. The van der Waals surface area contributed by atoms with Crippen LogP contribution in [-0.2, 0) is 0 Å². The summed E-state index contributed by atoms with van der Waals surface area (Å²) in [4.78, 5) is 2.41. The summed E-state index contributed by atoms with van der Waals surface area (Å²) in [5.74, 6) is 1.04. The number of piperidine rings is 1. The summed E-state index contributed by atoms with van der Waals surface area (Å²) in [6, 6.07) is 4.05. The molecule has 0 radical (unpaired) electrons. The van der Waals surface area contributed by atoms with Crippen LogP contribution in [0.25, 0.3) is 5.65 Å². The largest absolute Gasteiger partial charge is 0.355 e. The van der Waals surface area contributed by atoms with Crippen LogP contribution in [0.3, 0.4) is 0 Å². The smallest absolute Gasteiger partial charge is 0.177 e. The third-order valence-corrected chi connectivity index (χ3v) is 4.57. The number of aromatic nitrogens is 4. The highest BCUT2D eigenvalue weighted by molar-refractivity contribution is 5.46. The van der Waals surface area contributed by atoms with E-state index in [1.165, 1.54) is 19.3 Å². The standard InChI is InChI=1S/C13H18N6/c1-2-12(17-19-10-15-16-11(1)19)18-8-5-13(9-18)3-6-14-7-4-13/h1-2,10,14H,3-9H2. The monoisotopic (exact) mass is 258 g/mol. The third kappa shape index (κ3) is 1.87. The number of hydrogen-bond donors (Lipinski definition) is 1. The van der Waals surface area contributed by atoms with Gasteiger partial charge in [0.2, 0.25) is 0 Å². The van der Waals surface area contributed by atoms with Crippen LogP contribution in [0.15, 0.2) is 18.5 Å². The highest BCUT2D eigenvalue weighted by atomic mass is 15.4. The van der Waals surface area contributed by atoms with Crippen LogP contribution in [0.4, 0.5) is 5.82 Å². The Morgan fingerprint density at radius 3 is 2.95 bits per heavy atom. The Hall–Kier alpha value is -1.69. The van der Waals surface area contributed by atoms with E-state index in [1.54, 1.807) is 10.8 Å². The van der Waals surface area contributed by atoms with Crippen molar-refractivity contribution in [3.8, 4) is 0 Å². The number of nitrogens with one attached hydrogen (secondary N) is 1. The lowest BCUT2D eigenvalue weighted by molar-refractivity contribution is 0.232. The van der Waals surface area contributed by atoms with Crippen LogP contribution in [0.2, 0.25) is 0 Å². The molecule has 2 fully saturated rings. The fourth-order valence-electron chi connectivity index (χ4n) is 3.38. The fourth-order valence-corrected chi connectivity index (χ4v) is 3.38. The maximum Gasteiger partial charge on any atom is 0.177 e. The zero-order chi connectivity index (χ0) is 12.7. The van der Waals surface area contributed by atoms with Crippen LogP contribution >= 0.6 is 0 Å². The Kier molecular flexibility index (Phi) is 2.44. The minimum Gasteiger partial charge on any atom is -0.355 e. The second-order valence-electron chi connectivity index (χ2n) is 5.75. The number of hydrogen-bond acceptors (Lipinski definition) is 5. The van der Waals surface area contributed by atoms with Crippen molar-refractivity contribution in [3.05, 3.63) is 18.5 Å². The number of fused-ring (bicyclic) bond motifs is 1. The molecule has 2 aromatic rings. The Bertz CT molecular complexity index is 586. The molecule has 4 heterocycles. The van der Waals surface area contributed by atoms with Gasteiger partial charge in [0, 0.05) is 13.1 Å². The SMILES string of the molecule is c1cc2nncn2nc1N1CCC2(CCNCC2)C1. The molecule has 0 saturated carbocycles. The first-order valence-corrected chi connectivity index (χ1v) is 6.98. The maximum atomic E-state index is 4.60. The van der Waals surface area contributed by atoms with E-state index < -0.39 is 0 Å². The second-order valence-corrected chi connectivity index (χ2v) is 5.75. The van der Waals surface area contributed by atoms with Gasteiger partial charge in [0.15, 0.2) is 5.65 Å². The Balaban J connectivity index is 1.59. The van der Waals surface area contributed by atoms with E-state index in [-0.39, 0.29) is 0 Å². The van der Waals surface area contributed by atoms with Crippen molar-refractivity contribution >= 4 is 11.5 Å². The summed E-state index contributed by atoms with van der Waals surface area (Å²) in [5.41, 5.74) is 1.31. The molecule has 0 unspecified atom stereocenters. The van der Waals surface area contributed by atoms with E-state index in [4.69, 9.17) is 0 Å². The van der Waals surface area contributed by atoms with Crippen molar-refractivity contribution < 1.29 is 0 Å². The molecule has 1 spiro atoms. The number of nitrogens with zero attached hydrogens (tertiary/aromatic N) is 5. The molecule has 6 heteroatoms. The lowest BCUT2D eigenvalue weighted by Crippen LogP contribution is -2.38. The average molecular weight is 258 g/mol. The molecular formula is C13H18N6. The first kappa shape index (κ1) is 11.2. The Labute approximate surface area is 111 Å². The summed E-state index contributed by atoms with van der Waals surface area (Å²) < 4.78 is 1.75. The van der Waals surface area contributed by atoms with E-state index in [0.29, 0.717) is 5.41 Å². The molecule has 2 aliphatic rings. The highest BCUT2D eigenvalue weighted by Crippen LogP contribution is 2.39. The second kappa shape index (κ2) is 4.16. The molecule has 0 aliphatic carbocycles. The molecule has 2 aliphatic heterocycles. The minimum absolute atomic E-state index is 0.509. The predicted octanol–water partition coefficient (Wildman–Crippen LogP) is 0.704. The van der Waals surface area contributed by atoms with Crippen LogP contribution in [0, 0.1) is 5.41 Å². The Morgan fingerprint density at radius 1 is 1.16 bits per heavy atom. The van der Waals surface area contributed by atoms with Gasteiger partial charge in [-0.1, -0.05) is 0 Å².